The third kappa shape index (κ3) is 3.14. The van der Waals surface area contributed by atoms with Gasteiger partial charge in [0.05, 0.1) is 5.69 Å². The molecule has 1 fully saturated rings. The molecule has 4 aromatic rings. The van der Waals surface area contributed by atoms with Crippen LogP contribution in [0.15, 0.2) is 55.0 Å². The van der Waals surface area contributed by atoms with Crippen LogP contribution < -0.4 is 4.90 Å². The van der Waals surface area contributed by atoms with Crippen LogP contribution in [-0.4, -0.2) is 57.2 Å². The maximum atomic E-state index is 13.0. The molecule has 7 nitrogen and oxygen atoms in total. The number of piperazine rings is 1. The maximum absolute atomic E-state index is 13.0. The number of hydrogen-bond acceptors (Lipinski definition) is 4. The first-order valence-electron chi connectivity index (χ1n) is 9.77. The largest absolute Gasteiger partial charge is 0.368 e. The summed E-state index contributed by atoms with van der Waals surface area (Å²) in [7, 11) is 0. The number of hydrogen-bond donors (Lipinski definition) is 2. The van der Waals surface area contributed by atoms with Crippen LogP contribution in [0.25, 0.3) is 22.2 Å². The van der Waals surface area contributed by atoms with Crippen molar-refractivity contribution in [3.05, 3.63) is 66.2 Å². The molecule has 0 bridgehead atoms. The second kappa shape index (κ2) is 7.09. The Hall–Kier alpha value is -3.61. The summed E-state index contributed by atoms with van der Waals surface area (Å²) in [5, 5.41) is 8.42. The highest BCUT2D eigenvalue weighted by Gasteiger charge is 2.24. The number of H-pyrrole nitrogens is 2. The van der Waals surface area contributed by atoms with Gasteiger partial charge in [0, 0.05) is 66.9 Å². The highest BCUT2D eigenvalue weighted by Crippen LogP contribution is 2.28. The number of carbonyl (C=O) groups is 1. The van der Waals surface area contributed by atoms with Crippen molar-refractivity contribution in [2.75, 3.05) is 31.1 Å². The Balaban J connectivity index is 1.31. The molecule has 1 aromatic carbocycles. The van der Waals surface area contributed by atoms with Gasteiger partial charge in [0.1, 0.15) is 5.69 Å². The molecular weight excluding hydrogens is 364 g/mol. The van der Waals surface area contributed by atoms with Gasteiger partial charge in [-0.1, -0.05) is 18.2 Å². The Kier molecular flexibility index (Phi) is 4.27. The monoisotopic (exact) mass is 386 g/mol. The molecule has 3 aromatic heterocycles. The number of carbonyl (C=O) groups excluding carboxylic acids is 1. The van der Waals surface area contributed by atoms with Gasteiger partial charge in [-0.05, 0) is 30.7 Å². The van der Waals surface area contributed by atoms with E-state index in [1.54, 1.807) is 0 Å². The van der Waals surface area contributed by atoms with Crippen LogP contribution in [0.4, 0.5) is 5.69 Å². The molecule has 0 atom stereocenters. The molecular formula is C22H22N6O. The summed E-state index contributed by atoms with van der Waals surface area (Å²) < 4.78 is 0. The van der Waals surface area contributed by atoms with E-state index < -0.39 is 0 Å². The fraction of sp³-hybridized carbons (Fsp3) is 0.227. The van der Waals surface area contributed by atoms with E-state index >= 15 is 0 Å². The van der Waals surface area contributed by atoms with Gasteiger partial charge >= 0.3 is 0 Å². The molecule has 0 radical (unpaired) electrons. The molecule has 4 heterocycles. The fourth-order valence-corrected chi connectivity index (χ4v) is 3.99. The second-order valence-corrected chi connectivity index (χ2v) is 7.36. The molecule has 0 spiro atoms. The predicted molar refractivity (Wildman–Crippen MR) is 113 cm³/mol. The summed E-state index contributed by atoms with van der Waals surface area (Å²) in [6.45, 7) is 5.04. The van der Waals surface area contributed by atoms with Gasteiger partial charge in [-0.2, -0.15) is 5.10 Å². The zero-order chi connectivity index (χ0) is 19.8. The molecule has 0 saturated carbocycles. The molecule has 1 saturated heterocycles. The number of anilines is 1. The number of amides is 1. The number of nitrogens with one attached hydrogen (secondary N) is 2. The molecule has 1 aliphatic rings. The molecule has 146 valence electrons. The van der Waals surface area contributed by atoms with Gasteiger partial charge in [0.25, 0.3) is 5.91 Å². The van der Waals surface area contributed by atoms with E-state index in [1.165, 1.54) is 5.69 Å². The van der Waals surface area contributed by atoms with Crippen LogP contribution in [0, 0.1) is 6.92 Å². The van der Waals surface area contributed by atoms with E-state index in [9.17, 15) is 4.79 Å². The maximum Gasteiger partial charge on any atom is 0.272 e. The van der Waals surface area contributed by atoms with Gasteiger partial charge in [0.2, 0.25) is 0 Å². The van der Waals surface area contributed by atoms with E-state index in [2.05, 4.69) is 38.1 Å². The number of pyridine rings is 1. The Morgan fingerprint density at radius 3 is 2.76 bits per heavy atom. The molecule has 0 aliphatic carbocycles. The van der Waals surface area contributed by atoms with E-state index in [4.69, 9.17) is 0 Å². The van der Waals surface area contributed by atoms with Crippen molar-refractivity contribution in [3.8, 4) is 11.3 Å². The van der Waals surface area contributed by atoms with Crippen molar-refractivity contribution in [3.63, 3.8) is 0 Å². The lowest BCUT2D eigenvalue weighted by Crippen LogP contribution is -2.49. The number of nitrogens with zero attached hydrogens (tertiary/aromatic N) is 4. The van der Waals surface area contributed by atoms with Gasteiger partial charge in [-0.25, -0.2) is 0 Å². The van der Waals surface area contributed by atoms with E-state index in [0.29, 0.717) is 18.8 Å². The lowest BCUT2D eigenvalue weighted by Gasteiger charge is -2.36. The van der Waals surface area contributed by atoms with E-state index in [-0.39, 0.29) is 5.91 Å². The first-order valence-corrected chi connectivity index (χ1v) is 9.77. The number of para-hydroxylation sites is 1. The summed E-state index contributed by atoms with van der Waals surface area (Å²) in [6.07, 6.45) is 5.63. The molecule has 5 rings (SSSR count). The molecule has 1 amide bonds. The second-order valence-electron chi connectivity index (χ2n) is 7.36. The Morgan fingerprint density at radius 1 is 1.10 bits per heavy atom. The molecule has 0 unspecified atom stereocenters. The number of benzene rings is 1. The third-order valence-electron chi connectivity index (χ3n) is 5.57. The molecule has 7 heteroatoms. The summed E-state index contributed by atoms with van der Waals surface area (Å²) in [5.74, 6) is -0.00492. The van der Waals surface area contributed by atoms with E-state index in [1.807, 2.05) is 53.8 Å². The number of fused-ring (bicyclic) bond motifs is 1. The normalized spacial score (nSPS) is 14.5. The molecule has 2 N–H and O–H groups in total. The first kappa shape index (κ1) is 17.5. The quantitative estimate of drug-likeness (QED) is 0.566. The fourth-order valence-electron chi connectivity index (χ4n) is 3.99. The summed E-state index contributed by atoms with van der Waals surface area (Å²) in [5.41, 5.74) is 5.70. The number of rotatable bonds is 3. The molecule has 29 heavy (non-hydrogen) atoms. The Morgan fingerprint density at radius 2 is 1.93 bits per heavy atom. The van der Waals surface area contributed by atoms with Crippen molar-refractivity contribution < 1.29 is 4.79 Å². The van der Waals surface area contributed by atoms with Gasteiger partial charge in [-0.15, -0.1) is 0 Å². The average molecular weight is 386 g/mol. The van der Waals surface area contributed by atoms with Crippen LogP contribution in [-0.2, 0) is 0 Å². The number of aromatic nitrogens is 4. The van der Waals surface area contributed by atoms with Crippen molar-refractivity contribution >= 4 is 22.5 Å². The lowest BCUT2D eigenvalue weighted by molar-refractivity contribution is 0.0741. The Labute approximate surface area is 168 Å². The Bertz CT molecular complexity index is 1170. The SMILES string of the molecule is Cc1cnccc1N1CCN(C(=O)c2cc(-c3c[nH]c4ccccc34)n[nH]2)CC1. The smallest absolute Gasteiger partial charge is 0.272 e. The van der Waals surface area contributed by atoms with Crippen molar-refractivity contribution in [2.24, 2.45) is 0 Å². The van der Waals surface area contributed by atoms with Gasteiger partial charge in [0.15, 0.2) is 0 Å². The minimum absolute atomic E-state index is 0.00492. The predicted octanol–water partition coefficient (Wildman–Crippen LogP) is 3.22. The van der Waals surface area contributed by atoms with Crippen LogP contribution in [0.5, 0.6) is 0 Å². The zero-order valence-corrected chi connectivity index (χ0v) is 16.2. The van der Waals surface area contributed by atoms with E-state index in [0.717, 1.165) is 40.8 Å². The van der Waals surface area contributed by atoms with Crippen molar-refractivity contribution in [1.82, 2.24) is 25.1 Å². The van der Waals surface area contributed by atoms with Gasteiger partial charge in [-0.3, -0.25) is 14.9 Å². The number of aromatic amines is 2. The minimum atomic E-state index is -0.00492. The lowest BCUT2D eigenvalue weighted by atomic mass is 10.1. The topological polar surface area (TPSA) is 80.9 Å². The van der Waals surface area contributed by atoms with Crippen LogP contribution in [0.2, 0.25) is 0 Å². The third-order valence-corrected chi connectivity index (χ3v) is 5.57. The summed E-state index contributed by atoms with van der Waals surface area (Å²) in [4.78, 5) is 24.6. The standard InChI is InChI=1S/C22H22N6O/c1-15-13-23-7-6-21(15)27-8-10-28(11-9-27)22(29)20-12-19(25-26-20)17-14-24-18-5-3-2-4-16(17)18/h2-7,12-14,24H,8-11H2,1H3,(H,25,26). The number of aryl methyl sites for hydroxylation is 1. The van der Waals surface area contributed by atoms with Crippen LogP contribution >= 0.6 is 0 Å². The van der Waals surface area contributed by atoms with Crippen LogP contribution in [0.3, 0.4) is 0 Å². The average Bonchev–Trinajstić information content (AvgIpc) is 3.41. The highest BCUT2D eigenvalue weighted by atomic mass is 16.2. The summed E-state index contributed by atoms with van der Waals surface area (Å²) >= 11 is 0. The molecule has 1 aliphatic heterocycles. The first-order chi connectivity index (χ1) is 14.2. The van der Waals surface area contributed by atoms with Crippen molar-refractivity contribution in [2.45, 2.75) is 6.92 Å². The summed E-state index contributed by atoms with van der Waals surface area (Å²) in [6, 6.07) is 12.0. The van der Waals surface area contributed by atoms with Crippen LogP contribution in [0.1, 0.15) is 16.1 Å². The van der Waals surface area contributed by atoms with Gasteiger partial charge < -0.3 is 14.8 Å². The minimum Gasteiger partial charge on any atom is -0.368 e. The van der Waals surface area contributed by atoms with Crippen molar-refractivity contribution in [1.29, 1.82) is 0 Å². The zero-order valence-electron chi connectivity index (χ0n) is 16.2. The highest BCUT2D eigenvalue weighted by molar-refractivity contribution is 5.97.